The van der Waals surface area contributed by atoms with Gasteiger partial charge >= 0.3 is 0 Å². The molecule has 0 bridgehead atoms. The number of halogens is 2. The van der Waals surface area contributed by atoms with E-state index in [9.17, 15) is 9.50 Å². The number of hydrogen-bond acceptors (Lipinski definition) is 1. The molecule has 1 saturated carbocycles. The third-order valence-electron chi connectivity index (χ3n) is 3.90. The van der Waals surface area contributed by atoms with Gasteiger partial charge in [-0.15, -0.1) is 0 Å². The molecule has 0 aromatic heterocycles. The molecule has 1 aliphatic carbocycles. The lowest BCUT2D eigenvalue weighted by molar-refractivity contribution is 0.0243. The molecule has 2 rings (SSSR count). The van der Waals surface area contributed by atoms with Gasteiger partial charge in [-0.1, -0.05) is 35.7 Å². The smallest absolute Gasteiger partial charge is 0.124 e. The fourth-order valence-corrected chi connectivity index (χ4v) is 3.35. The Morgan fingerprint density at radius 3 is 2.83 bits per heavy atom. The first-order chi connectivity index (χ1) is 8.47. The molecule has 2 unspecified atom stereocenters. The van der Waals surface area contributed by atoms with Gasteiger partial charge in [-0.3, -0.25) is 0 Å². The summed E-state index contributed by atoms with van der Waals surface area (Å²) in [5.74, 6) is 0.447. The van der Waals surface area contributed by atoms with Crippen LogP contribution in [0.1, 0.15) is 44.6 Å². The summed E-state index contributed by atoms with van der Waals surface area (Å²) >= 11 is 3.30. The van der Waals surface area contributed by atoms with Crippen LogP contribution in [0, 0.1) is 11.7 Å². The van der Waals surface area contributed by atoms with Crippen molar-refractivity contribution < 1.29 is 9.50 Å². The molecule has 0 radical (unpaired) electrons. The normalized spacial score (nSPS) is 29.0. The highest BCUT2D eigenvalue weighted by molar-refractivity contribution is 9.10. The Balaban J connectivity index is 2.11. The minimum Gasteiger partial charge on any atom is -0.390 e. The van der Waals surface area contributed by atoms with E-state index in [1.54, 1.807) is 0 Å². The third kappa shape index (κ3) is 3.79. The lowest BCUT2D eigenvalue weighted by Crippen LogP contribution is -2.30. The molecule has 18 heavy (non-hydrogen) atoms. The fourth-order valence-electron chi connectivity index (χ4n) is 2.83. The Kier molecular flexibility index (Phi) is 4.44. The van der Waals surface area contributed by atoms with E-state index in [2.05, 4.69) is 22.9 Å². The zero-order chi connectivity index (χ0) is 13.2. The summed E-state index contributed by atoms with van der Waals surface area (Å²) in [7, 11) is 0. The van der Waals surface area contributed by atoms with E-state index in [1.165, 1.54) is 18.6 Å². The summed E-state index contributed by atoms with van der Waals surface area (Å²) in [6, 6.07) is 4.87. The van der Waals surface area contributed by atoms with Crippen molar-refractivity contribution >= 4 is 15.9 Å². The van der Waals surface area contributed by atoms with E-state index in [-0.39, 0.29) is 5.82 Å². The molecule has 0 saturated heterocycles. The van der Waals surface area contributed by atoms with E-state index in [1.807, 2.05) is 6.07 Å². The first kappa shape index (κ1) is 14.0. The second-order valence-electron chi connectivity index (χ2n) is 5.71. The van der Waals surface area contributed by atoms with Crippen molar-refractivity contribution in [2.75, 3.05) is 0 Å². The van der Waals surface area contributed by atoms with Gasteiger partial charge in [0.1, 0.15) is 5.82 Å². The highest BCUT2D eigenvalue weighted by Crippen LogP contribution is 2.33. The quantitative estimate of drug-likeness (QED) is 0.799. The number of benzene rings is 1. The summed E-state index contributed by atoms with van der Waals surface area (Å²) in [5, 5.41) is 10.7. The maximum absolute atomic E-state index is 13.3. The van der Waals surface area contributed by atoms with Crippen LogP contribution < -0.4 is 0 Å². The largest absolute Gasteiger partial charge is 0.390 e. The van der Waals surface area contributed by atoms with Crippen LogP contribution in [0.5, 0.6) is 0 Å². The van der Waals surface area contributed by atoms with Gasteiger partial charge in [0.05, 0.1) is 5.60 Å². The van der Waals surface area contributed by atoms with Crippen molar-refractivity contribution in [1.82, 2.24) is 0 Å². The van der Waals surface area contributed by atoms with Crippen LogP contribution in [0.15, 0.2) is 22.7 Å². The summed E-state index contributed by atoms with van der Waals surface area (Å²) in [6.07, 6.45) is 5.51. The zero-order valence-corrected chi connectivity index (χ0v) is 12.3. The van der Waals surface area contributed by atoms with Gasteiger partial charge in [0, 0.05) is 10.9 Å². The Bertz CT molecular complexity index is 401. The minimum absolute atomic E-state index is 0.245. The second kappa shape index (κ2) is 5.70. The SMILES string of the molecule is CC1CCCC(O)(Cc2cc(F)cc(Br)c2)CC1. The van der Waals surface area contributed by atoms with Crippen molar-refractivity contribution in [1.29, 1.82) is 0 Å². The predicted octanol–water partition coefficient (Wildman–Crippen LogP) is 4.46. The average molecular weight is 315 g/mol. The molecule has 0 spiro atoms. The molecular weight excluding hydrogens is 295 g/mol. The topological polar surface area (TPSA) is 20.2 Å². The molecule has 1 fully saturated rings. The first-order valence-electron chi connectivity index (χ1n) is 6.64. The molecule has 1 N–H and O–H groups in total. The average Bonchev–Trinajstić information content (AvgIpc) is 2.39. The molecule has 2 atom stereocenters. The fraction of sp³-hybridized carbons (Fsp3) is 0.600. The predicted molar refractivity (Wildman–Crippen MR) is 75.0 cm³/mol. The van der Waals surface area contributed by atoms with Crippen LogP contribution in [-0.4, -0.2) is 10.7 Å². The van der Waals surface area contributed by atoms with Crippen LogP contribution in [0.2, 0.25) is 0 Å². The van der Waals surface area contributed by atoms with E-state index in [0.717, 1.165) is 35.7 Å². The van der Waals surface area contributed by atoms with Gasteiger partial charge < -0.3 is 5.11 Å². The Hall–Kier alpha value is -0.410. The van der Waals surface area contributed by atoms with Gasteiger partial charge in [0.15, 0.2) is 0 Å². The zero-order valence-electron chi connectivity index (χ0n) is 10.8. The highest BCUT2D eigenvalue weighted by Gasteiger charge is 2.30. The molecule has 1 aromatic carbocycles. The lowest BCUT2D eigenvalue weighted by Gasteiger charge is -2.27. The van der Waals surface area contributed by atoms with Crippen molar-refractivity contribution in [2.45, 2.75) is 51.0 Å². The molecule has 0 amide bonds. The van der Waals surface area contributed by atoms with Crippen LogP contribution in [-0.2, 0) is 6.42 Å². The molecule has 1 nitrogen and oxygen atoms in total. The van der Waals surface area contributed by atoms with Gasteiger partial charge in [0.2, 0.25) is 0 Å². The Morgan fingerprint density at radius 2 is 2.11 bits per heavy atom. The van der Waals surface area contributed by atoms with E-state index in [4.69, 9.17) is 0 Å². The lowest BCUT2D eigenvalue weighted by atomic mass is 9.87. The monoisotopic (exact) mass is 314 g/mol. The summed E-state index contributed by atoms with van der Waals surface area (Å²) in [5.41, 5.74) is 0.219. The van der Waals surface area contributed by atoms with Crippen LogP contribution >= 0.6 is 15.9 Å². The molecule has 1 aliphatic rings. The van der Waals surface area contributed by atoms with E-state index < -0.39 is 5.60 Å². The van der Waals surface area contributed by atoms with Crippen LogP contribution in [0.3, 0.4) is 0 Å². The highest BCUT2D eigenvalue weighted by atomic mass is 79.9. The maximum Gasteiger partial charge on any atom is 0.124 e. The van der Waals surface area contributed by atoms with E-state index in [0.29, 0.717) is 12.3 Å². The molecular formula is C15H20BrFO. The summed E-state index contributed by atoms with van der Waals surface area (Å²) in [6.45, 7) is 2.24. The molecule has 0 heterocycles. The number of hydrogen-bond donors (Lipinski definition) is 1. The van der Waals surface area contributed by atoms with Gasteiger partial charge in [0.25, 0.3) is 0 Å². The molecule has 1 aromatic rings. The summed E-state index contributed by atoms with van der Waals surface area (Å²) in [4.78, 5) is 0. The van der Waals surface area contributed by atoms with Crippen molar-refractivity contribution in [3.8, 4) is 0 Å². The first-order valence-corrected chi connectivity index (χ1v) is 7.43. The van der Waals surface area contributed by atoms with E-state index >= 15 is 0 Å². The second-order valence-corrected chi connectivity index (χ2v) is 6.63. The molecule has 0 aliphatic heterocycles. The molecule has 3 heteroatoms. The van der Waals surface area contributed by atoms with Gasteiger partial charge in [-0.25, -0.2) is 4.39 Å². The van der Waals surface area contributed by atoms with Crippen LogP contribution in [0.25, 0.3) is 0 Å². The third-order valence-corrected chi connectivity index (χ3v) is 4.35. The minimum atomic E-state index is -0.655. The Morgan fingerprint density at radius 1 is 1.33 bits per heavy atom. The van der Waals surface area contributed by atoms with Crippen molar-refractivity contribution in [3.63, 3.8) is 0 Å². The molecule has 100 valence electrons. The number of rotatable bonds is 2. The van der Waals surface area contributed by atoms with Crippen LogP contribution in [0.4, 0.5) is 4.39 Å². The maximum atomic E-state index is 13.3. The van der Waals surface area contributed by atoms with Crippen molar-refractivity contribution in [2.24, 2.45) is 5.92 Å². The number of aliphatic hydroxyl groups is 1. The summed E-state index contributed by atoms with van der Waals surface area (Å²) < 4.78 is 14.1. The van der Waals surface area contributed by atoms with Gasteiger partial charge in [-0.2, -0.15) is 0 Å². The Labute approximate surface area is 117 Å². The van der Waals surface area contributed by atoms with Gasteiger partial charge in [-0.05, 0) is 48.9 Å². The standard InChI is InChI=1S/C15H20BrFO/c1-11-3-2-5-15(18,6-4-11)10-12-7-13(16)9-14(17)8-12/h7-9,11,18H,2-6,10H2,1H3. The van der Waals surface area contributed by atoms with Crippen molar-refractivity contribution in [3.05, 3.63) is 34.1 Å².